The number of benzene rings is 2. The van der Waals surface area contributed by atoms with Crippen molar-refractivity contribution in [2.45, 2.75) is 26.8 Å². The molecule has 0 aromatic heterocycles. The number of carbonyl (C=O) groups is 1. The Balaban J connectivity index is 1.89. The number of hydrogen-bond acceptors (Lipinski definition) is 3. The predicted octanol–water partition coefficient (Wildman–Crippen LogP) is 3.26. The summed E-state index contributed by atoms with van der Waals surface area (Å²) in [7, 11) is 1.62. The Bertz CT molecular complexity index is 667. The summed E-state index contributed by atoms with van der Waals surface area (Å²) in [6.07, 6.45) is 0.873. The number of hydrogen-bond donors (Lipinski definition) is 1. The lowest BCUT2D eigenvalue weighted by Crippen LogP contribution is -2.28. The topological polar surface area (TPSA) is 47.6 Å². The normalized spacial score (nSPS) is 10.2. The number of amides is 1. The minimum Gasteiger partial charge on any atom is -0.496 e. The summed E-state index contributed by atoms with van der Waals surface area (Å²) in [5.74, 6) is 1.39. The number of nitrogens with one attached hydrogen (secondary N) is 1. The fourth-order valence-electron chi connectivity index (χ4n) is 2.33. The van der Waals surface area contributed by atoms with E-state index in [1.54, 1.807) is 7.11 Å². The molecule has 0 aliphatic heterocycles. The zero-order valence-electron chi connectivity index (χ0n) is 13.9. The summed E-state index contributed by atoms with van der Waals surface area (Å²) in [6, 6.07) is 13.7. The second-order valence-corrected chi connectivity index (χ2v) is 5.34. The number of ether oxygens (including phenoxy) is 2. The van der Waals surface area contributed by atoms with Gasteiger partial charge < -0.3 is 14.8 Å². The van der Waals surface area contributed by atoms with Crippen LogP contribution in [-0.2, 0) is 17.8 Å². The minimum atomic E-state index is -0.153. The molecule has 0 heterocycles. The third-order valence-corrected chi connectivity index (χ3v) is 3.63. The van der Waals surface area contributed by atoms with E-state index < -0.39 is 0 Å². The summed E-state index contributed by atoms with van der Waals surface area (Å²) in [6.45, 7) is 4.50. The lowest BCUT2D eigenvalue weighted by Gasteiger charge is -2.12. The number of para-hydroxylation sites is 1. The van der Waals surface area contributed by atoms with Crippen molar-refractivity contribution in [1.82, 2.24) is 5.32 Å². The maximum Gasteiger partial charge on any atom is 0.258 e. The van der Waals surface area contributed by atoms with Gasteiger partial charge in [-0.3, -0.25) is 4.79 Å². The van der Waals surface area contributed by atoms with Crippen molar-refractivity contribution < 1.29 is 14.3 Å². The van der Waals surface area contributed by atoms with E-state index in [9.17, 15) is 4.79 Å². The molecule has 0 fully saturated rings. The second kappa shape index (κ2) is 8.22. The van der Waals surface area contributed by atoms with Gasteiger partial charge in [-0.15, -0.1) is 0 Å². The molecule has 0 saturated heterocycles. The van der Waals surface area contributed by atoms with Crippen molar-refractivity contribution in [2.24, 2.45) is 0 Å². The Labute approximate surface area is 137 Å². The SMILES string of the molecule is CCc1ccc(C)cc1OCC(=O)NCc1ccccc1OC. The maximum atomic E-state index is 12.0. The zero-order valence-corrected chi connectivity index (χ0v) is 13.9. The molecular weight excluding hydrogens is 290 g/mol. The van der Waals surface area contributed by atoms with Gasteiger partial charge in [0.15, 0.2) is 6.61 Å². The number of methoxy groups -OCH3 is 1. The Morgan fingerprint density at radius 2 is 1.87 bits per heavy atom. The molecule has 2 aromatic carbocycles. The van der Waals surface area contributed by atoms with Crippen LogP contribution in [0.3, 0.4) is 0 Å². The molecule has 1 amide bonds. The number of rotatable bonds is 7. The smallest absolute Gasteiger partial charge is 0.258 e. The molecule has 2 aromatic rings. The number of aryl methyl sites for hydroxylation is 2. The molecule has 0 spiro atoms. The molecule has 2 rings (SSSR count). The Morgan fingerprint density at radius 3 is 2.61 bits per heavy atom. The average molecular weight is 313 g/mol. The molecule has 4 heteroatoms. The highest BCUT2D eigenvalue weighted by Crippen LogP contribution is 2.21. The lowest BCUT2D eigenvalue weighted by molar-refractivity contribution is -0.123. The van der Waals surface area contributed by atoms with Crippen molar-refractivity contribution in [3.63, 3.8) is 0 Å². The first kappa shape index (κ1) is 16.9. The lowest BCUT2D eigenvalue weighted by atomic mass is 10.1. The van der Waals surface area contributed by atoms with Crippen LogP contribution in [0.15, 0.2) is 42.5 Å². The van der Waals surface area contributed by atoms with Gasteiger partial charge in [0.1, 0.15) is 11.5 Å². The van der Waals surface area contributed by atoms with Crippen LogP contribution in [0.2, 0.25) is 0 Å². The third-order valence-electron chi connectivity index (χ3n) is 3.63. The highest BCUT2D eigenvalue weighted by molar-refractivity contribution is 5.77. The van der Waals surface area contributed by atoms with E-state index >= 15 is 0 Å². The highest BCUT2D eigenvalue weighted by atomic mass is 16.5. The molecule has 122 valence electrons. The van der Waals surface area contributed by atoms with Crippen molar-refractivity contribution in [1.29, 1.82) is 0 Å². The van der Waals surface area contributed by atoms with Crippen molar-refractivity contribution in [3.8, 4) is 11.5 Å². The zero-order chi connectivity index (χ0) is 16.7. The van der Waals surface area contributed by atoms with Crippen LogP contribution in [0.4, 0.5) is 0 Å². The van der Waals surface area contributed by atoms with Gasteiger partial charge in [-0.2, -0.15) is 0 Å². The first-order chi connectivity index (χ1) is 11.1. The first-order valence-corrected chi connectivity index (χ1v) is 7.75. The van der Waals surface area contributed by atoms with Gasteiger partial charge in [0, 0.05) is 12.1 Å². The molecule has 0 aliphatic rings. The summed E-state index contributed by atoms with van der Waals surface area (Å²) in [4.78, 5) is 12.0. The molecule has 0 atom stereocenters. The van der Waals surface area contributed by atoms with Crippen molar-refractivity contribution >= 4 is 5.91 Å². The standard InChI is InChI=1S/C19H23NO3/c1-4-15-10-9-14(2)11-18(15)23-13-19(21)20-12-16-7-5-6-8-17(16)22-3/h5-11H,4,12-13H2,1-3H3,(H,20,21). The maximum absolute atomic E-state index is 12.0. The predicted molar refractivity (Wildman–Crippen MR) is 90.9 cm³/mol. The van der Waals surface area contributed by atoms with Gasteiger partial charge in [-0.1, -0.05) is 37.3 Å². The molecule has 0 saturated carbocycles. The Kier molecular flexibility index (Phi) is 6.03. The second-order valence-electron chi connectivity index (χ2n) is 5.34. The monoisotopic (exact) mass is 313 g/mol. The molecule has 23 heavy (non-hydrogen) atoms. The van der Waals surface area contributed by atoms with Gasteiger partial charge in [-0.05, 0) is 36.6 Å². The van der Waals surface area contributed by atoms with Crippen LogP contribution in [0.5, 0.6) is 11.5 Å². The minimum absolute atomic E-state index is 0.00556. The van der Waals surface area contributed by atoms with Crippen LogP contribution >= 0.6 is 0 Å². The van der Waals surface area contributed by atoms with Gasteiger partial charge >= 0.3 is 0 Å². The van der Waals surface area contributed by atoms with Crippen LogP contribution in [-0.4, -0.2) is 19.6 Å². The van der Waals surface area contributed by atoms with E-state index in [-0.39, 0.29) is 12.5 Å². The van der Waals surface area contributed by atoms with Gasteiger partial charge in [0.25, 0.3) is 5.91 Å². The Hall–Kier alpha value is -2.49. The fourth-order valence-corrected chi connectivity index (χ4v) is 2.33. The third kappa shape index (κ3) is 4.74. The van der Waals surface area contributed by atoms with Gasteiger partial charge in [-0.25, -0.2) is 0 Å². The van der Waals surface area contributed by atoms with E-state index in [2.05, 4.69) is 12.2 Å². The van der Waals surface area contributed by atoms with E-state index in [1.807, 2.05) is 49.4 Å². The van der Waals surface area contributed by atoms with E-state index in [0.29, 0.717) is 6.54 Å². The van der Waals surface area contributed by atoms with Crippen LogP contribution in [0.1, 0.15) is 23.6 Å². The molecule has 4 nitrogen and oxygen atoms in total. The Morgan fingerprint density at radius 1 is 1.09 bits per heavy atom. The van der Waals surface area contributed by atoms with E-state index in [0.717, 1.165) is 34.6 Å². The molecule has 1 N–H and O–H groups in total. The van der Waals surface area contributed by atoms with Crippen LogP contribution in [0, 0.1) is 6.92 Å². The van der Waals surface area contributed by atoms with Crippen molar-refractivity contribution in [3.05, 3.63) is 59.2 Å². The first-order valence-electron chi connectivity index (χ1n) is 7.75. The summed E-state index contributed by atoms with van der Waals surface area (Å²) in [5.41, 5.74) is 3.16. The van der Waals surface area contributed by atoms with E-state index in [1.165, 1.54) is 0 Å². The average Bonchev–Trinajstić information content (AvgIpc) is 2.58. The molecular formula is C19H23NO3. The number of carbonyl (C=O) groups excluding carboxylic acids is 1. The molecule has 0 radical (unpaired) electrons. The summed E-state index contributed by atoms with van der Waals surface area (Å²) in [5, 5.41) is 2.85. The summed E-state index contributed by atoms with van der Waals surface area (Å²) >= 11 is 0. The molecule has 0 unspecified atom stereocenters. The quantitative estimate of drug-likeness (QED) is 0.853. The van der Waals surface area contributed by atoms with Gasteiger partial charge in [0.05, 0.1) is 7.11 Å². The molecule has 0 aliphatic carbocycles. The molecule has 0 bridgehead atoms. The van der Waals surface area contributed by atoms with Gasteiger partial charge in [0.2, 0.25) is 0 Å². The summed E-state index contributed by atoms with van der Waals surface area (Å²) < 4.78 is 10.9. The highest BCUT2D eigenvalue weighted by Gasteiger charge is 2.08. The van der Waals surface area contributed by atoms with Crippen LogP contribution in [0.25, 0.3) is 0 Å². The van der Waals surface area contributed by atoms with Crippen LogP contribution < -0.4 is 14.8 Å². The van der Waals surface area contributed by atoms with E-state index in [4.69, 9.17) is 9.47 Å². The largest absolute Gasteiger partial charge is 0.496 e. The van der Waals surface area contributed by atoms with Crippen molar-refractivity contribution in [2.75, 3.05) is 13.7 Å². The fraction of sp³-hybridized carbons (Fsp3) is 0.316.